The number of amides is 2. The second-order valence-electron chi connectivity index (χ2n) is 9.83. The van der Waals surface area contributed by atoms with E-state index in [-0.39, 0.29) is 23.8 Å². The van der Waals surface area contributed by atoms with E-state index in [4.69, 9.17) is 4.52 Å². The van der Waals surface area contributed by atoms with Gasteiger partial charge in [-0.2, -0.15) is 0 Å². The average Bonchev–Trinajstić information content (AvgIpc) is 3.54. The van der Waals surface area contributed by atoms with Gasteiger partial charge in [0, 0.05) is 19.7 Å². The zero-order valence-corrected chi connectivity index (χ0v) is 22.3. The maximum atomic E-state index is 13.6. The van der Waals surface area contributed by atoms with Gasteiger partial charge in [-0.25, -0.2) is 4.98 Å². The number of aryl methyl sites for hydroxylation is 3. The Morgan fingerprint density at radius 3 is 2.43 bits per heavy atom. The van der Waals surface area contributed by atoms with Crippen LogP contribution in [0.25, 0.3) is 10.4 Å². The molecule has 1 unspecified atom stereocenters. The summed E-state index contributed by atoms with van der Waals surface area (Å²) < 4.78 is 5.33. The number of benzene rings is 1. The van der Waals surface area contributed by atoms with Crippen molar-refractivity contribution in [1.82, 2.24) is 19.9 Å². The Morgan fingerprint density at radius 2 is 1.86 bits per heavy atom. The van der Waals surface area contributed by atoms with Gasteiger partial charge in [0.15, 0.2) is 0 Å². The van der Waals surface area contributed by atoms with E-state index >= 15 is 0 Å². The van der Waals surface area contributed by atoms with Crippen molar-refractivity contribution in [3.8, 4) is 10.4 Å². The number of nitrogens with zero attached hydrogens (tertiary/aromatic N) is 4. The second-order valence-corrected chi connectivity index (χ2v) is 11.0. The van der Waals surface area contributed by atoms with Crippen LogP contribution in [0.5, 0.6) is 0 Å². The normalized spacial score (nSPS) is 19.6. The maximum absolute atomic E-state index is 13.6. The lowest BCUT2D eigenvalue weighted by atomic mass is 10.0. The molecule has 4 rings (SSSR count). The van der Waals surface area contributed by atoms with Crippen LogP contribution in [0.2, 0.25) is 0 Å². The standard InChI is InChI=1S/C27H34N4O3S/c1-15-12-23(31(14-15)26(32)17(3)24-13-16(2)29-34-24)27(33)30(7)19(5)21-8-10-22(11-9-21)25-18(4)28-20(6)35-25/h8-11,13,15,17,19,23H,12,14H2,1-7H3/t15-,17-,19?,23+/m1/s1. The summed E-state index contributed by atoms with van der Waals surface area (Å²) in [6.45, 7) is 12.4. The van der Waals surface area contributed by atoms with E-state index < -0.39 is 12.0 Å². The van der Waals surface area contributed by atoms with Crippen molar-refractivity contribution in [2.75, 3.05) is 13.6 Å². The van der Waals surface area contributed by atoms with E-state index in [0.29, 0.717) is 18.7 Å². The number of likely N-dealkylation sites (N-methyl/N-ethyl adjacent to an activating group) is 1. The molecule has 0 N–H and O–H groups in total. The highest BCUT2D eigenvalue weighted by molar-refractivity contribution is 7.15. The Bertz CT molecular complexity index is 1220. The molecule has 7 nitrogen and oxygen atoms in total. The van der Waals surface area contributed by atoms with Gasteiger partial charge >= 0.3 is 0 Å². The van der Waals surface area contributed by atoms with E-state index in [0.717, 1.165) is 27.5 Å². The summed E-state index contributed by atoms with van der Waals surface area (Å²) in [7, 11) is 1.83. The number of rotatable bonds is 6. The minimum atomic E-state index is -0.481. The summed E-state index contributed by atoms with van der Waals surface area (Å²) >= 11 is 1.69. The van der Waals surface area contributed by atoms with Crippen molar-refractivity contribution in [3.63, 3.8) is 0 Å². The fourth-order valence-corrected chi connectivity index (χ4v) is 5.77. The number of hydrogen-bond donors (Lipinski definition) is 0. The highest BCUT2D eigenvalue weighted by Crippen LogP contribution is 2.33. The molecule has 1 aliphatic rings. The zero-order valence-electron chi connectivity index (χ0n) is 21.5. The summed E-state index contributed by atoms with van der Waals surface area (Å²) in [5.41, 5.74) is 3.96. The van der Waals surface area contributed by atoms with Crippen LogP contribution in [0.4, 0.5) is 0 Å². The molecule has 35 heavy (non-hydrogen) atoms. The van der Waals surface area contributed by atoms with Crippen LogP contribution in [-0.2, 0) is 9.59 Å². The summed E-state index contributed by atoms with van der Waals surface area (Å²) in [6.07, 6.45) is 0.659. The summed E-state index contributed by atoms with van der Waals surface area (Å²) in [4.78, 5) is 36.2. The number of hydrogen-bond acceptors (Lipinski definition) is 6. The van der Waals surface area contributed by atoms with Crippen LogP contribution in [-0.4, -0.2) is 51.4 Å². The van der Waals surface area contributed by atoms with Gasteiger partial charge in [-0.05, 0) is 58.1 Å². The van der Waals surface area contributed by atoms with Crippen LogP contribution in [0.3, 0.4) is 0 Å². The number of likely N-dealkylation sites (tertiary alicyclic amines) is 1. The maximum Gasteiger partial charge on any atom is 0.245 e. The lowest BCUT2D eigenvalue weighted by Gasteiger charge is -2.32. The topological polar surface area (TPSA) is 79.5 Å². The summed E-state index contributed by atoms with van der Waals surface area (Å²) in [5, 5.41) is 4.96. The molecule has 1 fully saturated rings. The second kappa shape index (κ2) is 9.93. The van der Waals surface area contributed by atoms with Gasteiger partial charge in [0.05, 0.1) is 33.2 Å². The summed E-state index contributed by atoms with van der Waals surface area (Å²) in [5.74, 6) is 0.182. The first-order valence-electron chi connectivity index (χ1n) is 12.1. The van der Waals surface area contributed by atoms with Crippen molar-refractivity contribution >= 4 is 23.2 Å². The van der Waals surface area contributed by atoms with Crippen molar-refractivity contribution in [2.45, 2.75) is 66.0 Å². The zero-order chi connectivity index (χ0) is 25.4. The third-order valence-corrected chi connectivity index (χ3v) is 8.13. The van der Waals surface area contributed by atoms with E-state index in [1.54, 1.807) is 27.2 Å². The first kappa shape index (κ1) is 25.1. The molecule has 0 saturated carbocycles. The van der Waals surface area contributed by atoms with Crippen LogP contribution < -0.4 is 0 Å². The molecule has 1 saturated heterocycles. The average molecular weight is 495 g/mol. The van der Waals surface area contributed by atoms with E-state index in [1.165, 1.54) is 4.88 Å². The van der Waals surface area contributed by atoms with Gasteiger partial charge in [0.1, 0.15) is 11.8 Å². The Hall–Kier alpha value is -3.00. The fourth-order valence-electron chi connectivity index (χ4n) is 4.84. The third-order valence-electron chi connectivity index (χ3n) is 7.01. The van der Waals surface area contributed by atoms with Crippen molar-refractivity contribution < 1.29 is 14.1 Å². The molecule has 0 spiro atoms. The number of carbonyl (C=O) groups excluding carboxylic acids is 2. The first-order chi connectivity index (χ1) is 16.6. The SMILES string of the molecule is Cc1cc([C@@H](C)C(=O)N2C[C@H](C)C[C@H]2C(=O)N(C)C(C)c2ccc(-c3sc(C)nc3C)cc2)on1. The fraction of sp³-hybridized carbons (Fsp3) is 0.481. The first-order valence-corrected chi connectivity index (χ1v) is 12.9. The lowest BCUT2D eigenvalue weighted by molar-refractivity contribution is -0.145. The molecule has 2 amide bonds. The minimum absolute atomic E-state index is 0.0332. The van der Waals surface area contributed by atoms with Crippen LogP contribution in [0, 0.1) is 26.7 Å². The molecule has 1 aromatic carbocycles. The van der Waals surface area contributed by atoms with E-state index in [9.17, 15) is 9.59 Å². The molecule has 3 aromatic rings. The van der Waals surface area contributed by atoms with E-state index in [2.05, 4.69) is 41.3 Å². The molecule has 186 valence electrons. The van der Waals surface area contributed by atoms with Gasteiger partial charge in [-0.15, -0.1) is 11.3 Å². The van der Waals surface area contributed by atoms with Gasteiger partial charge < -0.3 is 14.3 Å². The van der Waals surface area contributed by atoms with Gasteiger partial charge in [0.25, 0.3) is 0 Å². The summed E-state index contributed by atoms with van der Waals surface area (Å²) in [6, 6.07) is 9.53. The molecule has 1 aliphatic heterocycles. The van der Waals surface area contributed by atoms with Crippen LogP contribution >= 0.6 is 11.3 Å². The third kappa shape index (κ3) is 5.03. The molecular weight excluding hydrogens is 460 g/mol. The Morgan fingerprint density at radius 1 is 1.17 bits per heavy atom. The highest BCUT2D eigenvalue weighted by Gasteiger charge is 2.42. The quantitative estimate of drug-likeness (QED) is 0.466. The molecular formula is C27H34N4O3S. The smallest absolute Gasteiger partial charge is 0.245 e. The predicted molar refractivity (Wildman–Crippen MR) is 137 cm³/mol. The number of carbonyl (C=O) groups is 2. The van der Waals surface area contributed by atoms with Crippen molar-refractivity contribution in [3.05, 3.63) is 58.1 Å². The van der Waals surface area contributed by atoms with Crippen LogP contribution in [0.1, 0.15) is 66.9 Å². The highest BCUT2D eigenvalue weighted by atomic mass is 32.1. The molecule has 0 aliphatic carbocycles. The van der Waals surface area contributed by atoms with Gasteiger partial charge in [-0.3, -0.25) is 9.59 Å². The molecule has 8 heteroatoms. The number of aromatic nitrogens is 2. The molecule has 4 atom stereocenters. The van der Waals surface area contributed by atoms with Crippen LogP contribution in [0.15, 0.2) is 34.9 Å². The van der Waals surface area contributed by atoms with Gasteiger partial charge in [-0.1, -0.05) is 36.3 Å². The Labute approximate surface area is 211 Å². The Kier molecular flexibility index (Phi) is 7.12. The van der Waals surface area contributed by atoms with E-state index in [1.807, 2.05) is 41.7 Å². The molecule has 0 bridgehead atoms. The van der Waals surface area contributed by atoms with Crippen molar-refractivity contribution in [1.29, 1.82) is 0 Å². The lowest BCUT2D eigenvalue weighted by Crippen LogP contribution is -2.48. The number of thiazole rings is 1. The molecule has 2 aromatic heterocycles. The van der Waals surface area contributed by atoms with Crippen molar-refractivity contribution in [2.24, 2.45) is 5.92 Å². The Balaban J connectivity index is 1.49. The molecule has 3 heterocycles. The van der Waals surface area contributed by atoms with Gasteiger partial charge in [0.2, 0.25) is 11.8 Å². The minimum Gasteiger partial charge on any atom is -0.360 e. The molecule has 0 radical (unpaired) electrons. The predicted octanol–water partition coefficient (Wildman–Crippen LogP) is 5.28. The monoisotopic (exact) mass is 494 g/mol. The largest absolute Gasteiger partial charge is 0.360 e.